The first-order chi connectivity index (χ1) is 40.5. The van der Waals surface area contributed by atoms with E-state index in [-0.39, 0.29) is 37.5 Å². The van der Waals surface area contributed by atoms with Crippen molar-refractivity contribution in [2.75, 3.05) is 55.9 Å². The second-order valence-corrected chi connectivity index (χ2v) is 26.4. The summed E-state index contributed by atoms with van der Waals surface area (Å²) in [7, 11) is 9.30. The van der Waals surface area contributed by atoms with Crippen molar-refractivity contribution in [1.82, 2.24) is 55.6 Å². The number of amides is 11. The highest BCUT2D eigenvalue weighted by molar-refractivity contribution is 6.00. The molecule has 502 valence electrons. The second kappa shape index (κ2) is 35.1. The number of hydrogen-bond donors (Lipinski definition) is 7. The number of aliphatic hydroxyl groups excluding tert-OH is 2. The molecule has 1 saturated heterocycles. The zero-order valence-electron chi connectivity index (χ0n) is 57.3. The molecule has 0 saturated carbocycles. The minimum Gasteiger partial charge on any atom is -0.394 e. The van der Waals surface area contributed by atoms with Crippen molar-refractivity contribution in [3.05, 3.63) is 23.8 Å². The van der Waals surface area contributed by atoms with E-state index in [0.717, 1.165) is 24.5 Å². The molecule has 0 unspecified atom stereocenters. The third-order valence-electron chi connectivity index (χ3n) is 16.3. The van der Waals surface area contributed by atoms with Gasteiger partial charge in [-0.05, 0) is 104 Å². The van der Waals surface area contributed by atoms with Gasteiger partial charge < -0.3 is 70.9 Å². The van der Waals surface area contributed by atoms with E-state index < -0.39 is 174 Å². The molecule has 0 radical (unpaired) electrons. The molecule has 25 heteroatoms. The van der Waals surface area contributed by atoms with Crippen LogP contribution in [0.3, 0.4) is 0 Å². The van der Waals surface area contributed by atoms with E-state index in [1.807, 2.05) is 27.7 Å². The Morgan fingerprint density at radius 1 is 0.534 bits per heavy atom. The van der Waals surface area contributed by atoms with Crippen LogP contribution in [0.25, 0.3) is 0 Å². The van der Waals surface area contributed by atoms with Gasteiger partial charge >= 0.3 is 0 Å². The lowest BCUT2D eigenvalue weighted by molar-refractivity contribution is -0.157. The standard InChI is InChI=1S/C63H111N11O14/c1-25-27-28-39(13)51(76)50-55(80)66-42(26-2)57(82)72(22)47(33-75)60(85)71(21)46(32-63(16,17)88)54(79)67-48(37(9)10)61(86)68(18)43(29-34(3)4)53(78)64-40(14)52(77)65-41(15)56(81)69(19)44(30-35(5)6)58(83)70(20)45(31-36(7)8)59(84)73(23)49(38(11)12)62(87)74(50)24/h25,27,30,34,36-51,75-76,88H,26,28-29,31-33H2,1-24H3,(H,64,78)(H,65,77)(H,66,80)(H,67,79)/b27-25+/t39-,40-,41+,42+,43-,44+,45+,46+,47-,48-,49+,50+,51-/m1/s1. The largest absolute Gasteiger partial charge is 0.394 e. The Morgan fingerprint density at radius 3 is 1.47 bits per heavy atom. The summed E-state index contributed by atoms with van der Waals surface area (Å²) >= 11 is 0. The van der Waals surface area contributed by atoms with Crippen LogP contribution in [0.15, 0.2) is 23.8 Å². The fourth-order valence-corrected chi connectivity index (χ4v) is 10.7. The third kappa shape index (κ3) is 21.6. The summed E-state index contributed by atoms with van der Waals surface area (Å²) in [6.45, 7) is 27.0. The van der Waals surface area contributed by atoms with Crippen LogP contribution in [0.4, 0.5) is 0 Å². The molecule has 0 aromatic carbocycles. The van der Waals surface area contributed by atoms with Gasteiger partial charge in [-0.15, -0.1) is 0 Å². The molecule has 0 aromatic heterocycles. The van der Waals surface area contributed by atoms with Crippen LogP contribution in [-0.2, 0) is 52.7 Å². The number of carbonyl (C=O) groups excluding carboxylic acids is 11. The molecule has 7 N–H and O–H groups in total. The summed E-state index contributed by atoms with van der Waals surface area (Å²) in [5.41, 5.74) is -0.996. The zero-order valence-corrected chi connectivity index (χ0v) is 57.3. The Bertz CT molecular complexity index is 2490. The molecule has 0 bridgehead atoms. The lowest BCUT2D eigenvalue weighted by atomic mass is 9.91. The van der Waals surface area contributed by atoms with Crippen LogP contribution in [0.1, 0.15) is 150 Å². The van der Waals surface area contributed by atoms with E-state index in [4.69, 9.17) is 0 Å². The highest BCUT2D eigenvalue weighted by atomic mass is 16.3. The Balaban J connectivity index is 4.46. The van der Waals surface area contributed by atoms with Gasteiger partial charge in [-0.2, -0.15) is 0 Å². The van der Waals surface area contributed by atoms with E-state index in [1.165, 1.54) is 86.8 Å². The summed E-state index contributed by atoms with van der Waals surface area (Å²) in [4.78, 5) is 169. The molecule has 11 amide bonds. The van der Waals surface area contributed by atoms with Crippen LogP contribution < -0.4 is 21.3 Å². The van der Waals surface area contributed by atoms with Crippen LogP contribution in [-0.4, -0.2) is 249 Å². The molecule has 1 fully saturated rings. The number of aliphatic hydroxyl groups is 3. The summed E-state index contributed by atoms with van der Waals surface area (Å²) in [6.07, 6.45) is 3.42. The summed E-state index contributed by atoms with van der Waals surface area (Å²) < 4.78 is 0. The molecule has 25 nitrogen and oxygen atoms in total. The van der Waals surface area contributed by atoms with Gasteiger partial charge in [-0.3, -0.25) is 52.7 Å². The smallest absolute Gasteiger partial charge is 0.249 e. The number of rotatable bonds is 15. The maximum atomic E-state index is 15.2. The highest BCUT2D eigenvalue weighted by Gasteiger charge is 2.46. The number of likely N-dealkylation sites (N-methyl/N-ethyl adjacent to an activating group) is 7. The number of nitrogens with zero attached hydrogens (tertiary/aromatic N) is 7. The van der Waals surface area contributed by atoms with Crippen LogP contribution in [0.5, 0.6) is 0 Å². The average molecular weight is 1250 g/mol. The molecule has 1 rings (SSSR count). The number of carbonyl (C=O) groups is 11. The van der Waals surface area contributed by atoms with Crippen molar-refractivity contribution >= 4 is 65.0 Å². The van der Waals surface area contributed by atoms with E-state index in [1.54, 1.807) is 80.5 Å². The maximum Gasteiger partial charge on any atom is 0.249 e. The van der Waals surface area contributed by atoms with Gasteiger partial charge in [0.25, 0.3) is 0 Å². The first-order valence-corrected chi connectivity index (χ1v) is 30.8. The van der Waals surface area contributed by atoms with E-state index >= 15 is 9.59 Å². The minimum absolute atomic E-state index is 0.0942. The van der Waals surface area contributed by atoms with Gasteiger partial charge in [-0.1, -0.05) is 93.0 Å². The van der Waals surface area contributed by atoms with Gasteiger partial charge in [0.15, 0.2) is 0 Å². The lowest BCUT2D eigenvalue weighted by Gasteiger charge is -2.41. The van der Waals surface area contributed by atoms with Crippen molar-refractivity contribution < 1.29 is 68.1 Å². The second-order valence-electron chi connectivity index (χ2n) is 26.4. The number of hydrogen-bond acceptors (Lipinski definition) is 14. The van der Waals surface area contributed by atoms with E-state index in [2.05, 4.69) is 21.3 Å². The monoisotopic (exact) mass is 1250 g/mol. The zero-order chi connectivity index (χ0) is 68.5. The molecule has 1 aliphatic heterocycles. The van der Waals surface area contributed by atoms with Crippen molar-refractivity contribution in [2.24, 2.45) is 29.6 Å². The van der Waals surface area contributed by atoms with Gasteiger partial charge in [0.05, 0.1) is 18.3 Å². The Kier molecular flexibility index (Phi) is 31.7. The van der Waals surface area contributed by atoms with Crippen LogP contribution in [0, 0.1) is 29.6 Å². The van der Waals surface area contributed by atoms with Crippen molar-refractivity contribution in [3.8, 4) is 0 Å². The molecule has 1 aliphatic rings. The normalized spacial score (nSPS) is 27.2. The summed E-state index contributed by atoms with van der Waals surface area (Å²) in [6, 6.07) is -15.4. The van der Waals surface area contributed by atoms with Crippen molar-refractivity contribution in [3.63, 3.8) is 0 Å². The highest BCUT2D eigenvalue weighted by Crippen LogP contribution is 2.26. The molecule has 1 heterocycles. The Morgan fingerprint density at radius 2 is 1.00 bits per heavy atom. The van der Waals surface area contributed by atoms with Crippen LogP contribution >= 0.6 is 0 Å². The number of allylic oxidation sites excluding steroid dienone is 3. The van der Waals surface area contributed by atoms with Gasteiger partial charge in [0, 0.05) is 55.8 Å². The molecular formula is C63H111N11O14. The lowest BCUT2D eigenvalue weighted by Crippen LogP contribution is -2.64. The van der Waals surface area contributed by atoms with Crippen molar-refractivity contribution in [2.45, 2.75) is 228 Å². The van der Waals surface area contributed by atoms with Crippen molar-refractivity contribution in [1.29, 1.82) is 0 Å². The van der Waals surface area contributed by atoms with E-state index in [0.29, 0.717) is 5.57 Å². The van der Waals surface area contributed by atoms with Gasteiger partial charge in [-0.25, -0.2) is 0 Å². The molecule has 0 spiro atoms. The Labute approximate surface area is 524 Å². The topological polar surface area (TPSA) is 319 Å². The molecule has 0 aliphatic carbocycles. The fraction of sp³-hybridized carbons (Fsp3) is 0.762. The molecule has 13 atom stereocenters. The summed E-state index contributed by atoms with van der Waals surface area (Å²) in [5, 5.41) is 44.9. The van der Waals surface area contributed by atoms with Crippen LogP contribution in [0.2, 0.25) is 0 Å². The molecular weight excluding hydrogens is 1130 g/mol. The van der Waals surface area contributed by atoms with Gasteiger partial charge in [0.2, 0.25) is 65.0 Å². The number of nitrogens with one attached hydrogen (secondary N) is 4. The Hall–Kier alpha value is -6.47. The minimum atomic E-state index is -1.70. The first kappa shape index (κ1) is 79.5. The first-order valence-electron chi connectivity index (χ1n) is 30.8. The van der Waals surface area contributed by atoms with Gasteiger partial charge in [0.1, 0.15) is 66.5 Å². The predicted molar refractivity (Wildman–Crippen MR) is 336 cm³/mol. The van der Waals surface area contributed by atoms with E-state index in [9.17, 15) is 58.5 Å². The molecule has 0 aromatic rings. The maximum absolute atomic E-state index is 15.2. The predicted octanol–water partition coefficient (Wildman–Crippen LogP) is 1.66. The quantitative estimate of drug-likeness (QED) is 0.115. The summed E-state index contributed by atoms with van der Waals surface area (Å²) in [5.74, 6) is -11.2. The fourth-order valence-electron chi connectivity index (χ4n) is 10.7. The SMILES string of the molecule is C/C=C/C[C@@H](C)[C@@H](O)[C@H]1C(=O)N[C@@H](CC)C(=O)N(C)[C@H](CO)C(=O)N(C)[C@@H](CC(C)(C)O)C(=O)N[C@H](C(C)C)C(=O)N(C)[C@H](CC(C)C)C(=O)N[C@H](C)C(=O)N[C@@H](C)C(=O)N(C)[C@@H](C=C(C)C)C(=O)N(C)[C@@H](CC(C)C)C(=O)N(C)[C@@H](C(C)C)C(=O)N1C. The molecule has 88 heavy (non-hydrogen) atoms. The average Bonchev–Trinajstić information content (AvgIpc) is 2.21. The third-order valence-corrected chi connectivity index (χ3v) is 16.3.